The Morgan fingerprint density at radius 2 is 1.78 bits per heavy atom. The highest BCUT2D eigenvalue weighted by atomic mass is 35.5. The molecular formula is C18H19ClN2O2. The van der Waals surface area contributed by atoms with Crippen LogP contribution in [0.15, 0.2) is 53.6 Å². The van der Waals surface area contributed by atoms with E-state index in [9.17, 15) is 4.79 Å². The molecule has 2 aromatic rings. The largest absolute Gasteiger partial charge is 0.497 e. The van der Waals surface area contributed by atoms with E-state index in [1.165, 1.54) is 0 Å². The molecule has 0 atom stereocenters. The predicted octanol–water partition coefficient (Wildman–Crippen LogP) is 3.82. The molecular weight excluding hydrogens is 312 g/mol. The van der Waals surface area contributed by atoms with E-state index in [4.69, 9.17) is 16.3 Å². The van der Waals surface area contributed by atoms with Gasteiger partial charge in [-0.3, -0.25) is 4.79 Å². The topological polar surface area (TPSA) is 50.7 Å². The van der Waals surface area contributed by atoms with Crippen molar-refractivity contribution < 1.29 is 9.53 Å². The van der Waals surface area contributed by atoms with Crippen molar-refractivity contribution in [1.29, 1.82) is 0 Å². The zero-order chi connectivity index (χ0) is 16.7. The molecule has 2 aromatic carbocycles. The van der Waals surface area contributed by atoms with Crippen molar-refractivity contribution in [3.63, 3.8) is 0 Å². The Hall–Kier alpha value is -2.33. The Bertz CT molecular complexity index is 679. The van der Waals surface area contributed by atoms with Crippen molar-refractivity contribution in [3.05, 3.63) is 64.7 Å². The number of hydrogen-bond acceptors (Lipinski definition) is 3. The van der Waals surface area contributed by atoms with Crippen molar-refractivity contribution in [2.24, 2.45) is 5.10 Å². The molecule has 0 fully saturated rings. The maximum atomic E-state index is 12.0. The fourth-order valence-electron chi connectivity index (χ4n) is 2.09. The highest BCUT2D eigenvalue weighted by Gasteiger charge is 2.05. The highest BCUT2D eigenvalue weighted by molar-refractivity contribution is 6.30. The minimum atomic E-state index is -0.157. The van der Waals surface area contributed by atoms with Crippen molar-refractivity contribution >= 4 is 23.2 Å². The smallest absolute Gasteiger partial charge is 0.244 e. The molecule has 0 aliphatic heterocycles. The first-order valence-corrected chi connectivity index (χ1v) is 7.74. The van der Waals surface area contributed by atoms with Gasteiger partial charge in [0.25, 0.3) is 0 Å². The van der Waals surface area contributed by atoms with Gasteiger partial charge in [0.05, 0.1) is 19.2 Å². The zero-order valence-corrected chi connectivity index (χ0v) is 13.9. The monoisotopic (exact) mass is 330 g/mol. The summed E-state index contributed by atoms with van der Waals surface area (Å²) in [5, 5.41) is 4.90. The average molecular weight is 331 g/mol. The summed E-state index contributed by atoms with van der Waals surface area (Å²) in [4.78, 5) is 12.0. The summed E-state index contributed by atoms with van der Waals surface area (Å²) in [7, 11) is 1.61. The van der Waals surface area contributed by atoms with E-state index < -0.39 is 0 Å². The van der Waals surface area contributed by atoms with Crippen LogP contribution >= 0.6 is 11.6 Å². The minimum Gasteiger partial charge on any atom is -0.497 e. The lowest BCUT2D eigenvalue weighted by Crippen LogP contribution is -2.21. The molecule has 0 saturated heterocycles. The molecule has 0 spiro atoms. The number of hydrogen-bond donors (Lipinski definition) is 1. The van der Waals surface area contributed by atoms with Crippen LogP contribution in [0.2, 0.25) is 5.02 Å². The molecule has 0 bridgehead atoms. The first kappa shape index (κ1) is 17.0. The Kier molecular flexibility index (Phi) is 6.18. The summed E-state index contributed by atoms with van der Waals surface area (Å²) in [6.07, 6.45) is 0.982. The van der Waals surface area contributed by atoms with E-state index in [-0.39, 0.29) is 12.3 Å². The maximum Gasteiger partial charge on any atom is 0.244 e. The normalized spacial score (nSPS) is 11.2. The van der Waals surface area contributed by atoms with Crippen LogP contribution in [0.5, 0.6) is 5.75 Å². The van der Waals surface area contributed by atoms with Crippen LogP contribution in [-0.2, 0) is 11.2 Å². The van der Waals surface area contributed by atoms with Gasteiger partial charge in [-0.2, -0.15) is 5.10 Å². The number of benzene rings is 2. The predicted molar refractivity (Wildman–Crippen MR) is 93.1 cm³/mol. The summed E-state index contributed by atoms with van der Waals surface area (Å²) in [6.45, 7) is 1.99. The van der Waals surface area contributed by atoms with Crippen LogP contribution in [0, 0.1) is 0 Å². The van der Waals surface area contributed by atoms with E-state index >= 15 is 0 Å². The summed E-state index contributed by atoms with van der Waals surface area (Å²) < 4.78 is 5.09. The third kappa shape index (κ3) is 5.11. The number of hydrazone groups is 1. The SMILES string of the molecule is CC/C(=N\NC(=O)Cc1ccc(OC)cc1)c1ccc(Cl)cc1. The molecule has 0 aromatic heterocycles. The quantitative estimate of drug-likeness (QED) is 0.646. The highest BCUT2D eigenvalue weighted by Crippen LogP contribution is 2.13. The first-order chi connectivity index (χ1) is 11.1. The maximum absolute atomic E-state index is 12.0. The molecule has 0 aliphatic rings. The van der Waals surface area contributed by atoms with Crippen LogP contribution in [-0.4, -0.2) is 18.7 Å². The Morgan fingerprint density at radius 1 is 1.13 bits per heavy atom. The van der Waals surface area contributed by atoms with Crippen molar-refractivity contribution in [3.8, 4) is 5.75 Å². The molecule has 0 radical (unpaired) electrons. The van der Waals surface area contributed by atoms with Crippen molar-refractivity contribution in [2.45, 2.75) is 19.8 Å². The summed E-state index contributed by atoms with van der Waals surface area (Å²) in [5.74, 6) is 0.610. The van der Waals surface area contributed by atoms with E-state index in [0.717, 1.165) is 22.6 Å². The standard InChI is InChI=1S/C18H19ClN2O2/c1-3-17(14-6-8-15(19)9-7-14)20-21-18(22)12-13-4-10-16(23-2)11-5-13/h4-11H,3,12H2,1-2H3,(H,21,22)/b20-17+. The number of carbonyl (C=O) groups is 1. The van der Waals surface area contributed by atoms with Crippen LogP contribution in [0.1, 0.15) is 24.5 Å². The third-order valence-electron chi connectivity index (χ3n) is 3.35. The van der Waals surface area contributed by atoms with Crippen molar-refractivity contribution in [2.75, 3.05) is 7.11 Å². The molecule has 2 rings (SSSR count). The van der Waals surface area contributed by atoms with Gasteiger partial charge in [0.2, 0.25) is 5.91 Å². The first-order valence-electron chi connectivity index (χ1n) is 7.36. The fraction of sp³-hybridized carbons (Fsp3) is 0.222. The molecule has 120 valence electrons. The number of amides is 1. The van der Waals surface area contributed by atoms with Gasteiger partial charge in [-0.15, -0.1) is 0 Å². The second kappa shape index (κ2) is 8.34. The van der Waals surface area contributed by atoms with Gasteiger partial charge in [-0.25, -0.2) is 5.43 Å². The number of rotatable bonds is 6. The zero-order valence-electron chi connectivity index (χ0n) is 13.2. The number of nitrogens with zero attached hydrogens (tertiary/aromatic N) is 1. The molecule has 0 saturated carbocycles. The molecule has 0 unspecified atom stereocenters. The number of carbonyl (C=O) groups excluding carboxylic acids is 1. The van der Waals surface area contributed by atoms with Gasteiger partial charge in [0.1, 0.15) is 5.75 Å². The van der Waals surface area contributed by atoms with E-state index in [0.29, 0.717) is 11.4 Å². The summed E-state index contributed by atoms with van der Waals surface area (Å²) >= 11 is 5.88. The molecule has 1 N–H and O–H groups in total. The van der Waals surface area contributed by atoms with Gasteiger partial charge in [-0.1, -0.05) is 42.8 Å². The van der Waals surface area contributed by atoms with Crippen LogP contribution in [0.4, 0.5) is 0 Å². The van der Waals surface area contributed by atoms with E-state index in [2.05, 4.69) is 10.5 Å². The van der Waals surface area contributed by atoms with Crippen molar-refractivity contribution in [1.82, 2.24) is 5.43 Å². The number of halogens is 1. The van der Waals surface area contributed by atoms with Gasteiger partial charge >= 0.3 is 0 Å². The average Bonchev–Trinajstić information content (AvgIpc) is 2.57. The third-order valence-corrected chi connectivity index (χ3v) is 3.60. The van der Waals surface area contributed by atoms with E-state index in [1.807, 2.05) is 43.3 Å². The lowest BCUT2D eigenvalue weighted by atomic mass is 10.1. The van der Waals surface area contributed by atoms with Gasteiger partial charge < -0.3 is 4.74 Å². The van der Waals surface area contributed by atoms with Gasteiger partial charge in [0, 0.05) is 5.02 Å². The second-order valence-electron chi connectivity index (χ2n) is 4.98. The molecule has 4 nitrogen and oxygen atoms in total. The lowest BCUT2D eigenvalue weighted by Gasteiger charge is -2.06. The molecule has 0 heterocycles. The van der Waals surface area contributed by atoms with E-state index in [1.54, 1.807) is 19.2 Å². The number of nitrogens with one attached hydrogen (secondary N) is 1. The summed E-state index contributed by atoms with van der Waals surface area (Å²) in [5.41, 5.74) is 5.27. The molecule has 0 aliphatic carbocycles. The van der Waals surface area contributed by atoms with Gasteiger partial charge in [-0.05, 0) is 41.8 Å². The van der Waals surface area contributed by atoms with Crippen LogP contribution in [0.25, 0.3) is 0 Å². The summed E-state index contributed by atoms with van der Waals surface area (Å²) in [6, 6.07) is 14.8. The Balaban J connectivity index is 1.98. The Labute approximate surface area is 141 Å². The Morgan fingerprint density at radius 3 is 2.35 bits per heavy atom. The molecule has 23 heavy (non-hydrogen) atoms. The van der Waals surface area contributed by atoms with Crippen LogP contribution < -0.4 is 10.2 Å². The molecule has 5 heteroatoms. The molecule has 1 amide bonds. The minimum absolute atomic E-state index is 0.157. The number of ether oxygens (including phenoxy) is 1. The lowest BCUT2D eigenvalue weighted by molar-refractivity contribution is -0.120. The number of methoxy groups -OCH3 is 1. The van der Waals surface area contributed by atoms with Gasteiger partial charge in [0.15, 0.2) is 0 Å². The second-order valence-corrected chi connectivity index (χ2v) is 5.42. The van der Waals surface area contributed by atoms with Crippen LogP contribution in [0.3, 0.4) is 0 Å². The fourth-order valence-corrected chi connectivity index (χ4v) is 2.21.